The van der Waals surface area contributed by atoms with Crippen LogP contribution in [-0.4, -0.2) is 97.6 Å². The summed E-state index contributed by atoms with van der Waals surface area (Å²) in [4.78, 5) is 34.3. The van der Waals surface area contributed by atoms with E-state index in [1.807, 2.05) is 9.80 Å². The normalized spacial score (nSPS) is 34.5. The minimum Gasteiger partial charge on any atom is -0.367 e. The standard InChI is InChI=1S/C24H35F2N9O2/c25-16-7-30-22-19(21(27)32-35(22)12-16)23(36)31-18-9-29-8-17(26)20(18)33-3-1-13(2-4-33)24(37)34-10-14-5-28-6-15(14)11-34/h8-9,13-16,19,21-22,28,30,32H,1-7,10-12,27H2,(H,31,36). The molecule has 37 heavy (non-hydrogen) atoms. The quantitative estimate of drug-likeness (QED) is 0.342. The molecule has 2 amide bonds. The number of fused-ring (bicyclic) bond motifs is 2. The Labute approximate surface area is 214 Å². The Morgan fingerprint density at radius 1 is 1.08 bits per heavy atom. The molecule has 0 bridgehead atoms. The first kappa shape index (κ1) is 24.9. The van der Waals surface area contributed by atoms with Gasteiger partial charge >= 0.3 is 0 Å². The minimum absolute atomic E-state index is 0.0729. The largest absolute Gasteiger partial charge is 0.367 e. The molecule has 5 aliphatic heterocycles. The maximum absolute atomic E-state index is 15.0. The van der Waals surface area contributed by atoms with Crippen LogP contribution >= 0.6 is 0 Å². The summed E-state index contributed by atoms with van der Waals surface area (Å²) in [5.41, 5.74) is 9.65. The van der Waals surface area contributed by atoms with E-state index in [0.29, 0.717) is 37.8 Å². The number of amides is 2. The molecule has 0 spiro atoms. The lowest BCUT2D eigenvalue weighted by Crippen LogP contribution is -2.58. The Bertz CT molecular complexity index is 1030. The SMILES string of the molecule is NC1NN2CC(F)CNC2C1C(=O)Nc1cncc(F)c1N1CCC(C(=O)N2CC3CNCC3C2)CC1. The first-order chi connectivity index (χ1) is 17.9. The molecule has 6 N–H and O–H groups in total. The summed E-state index contributed by atoms with van der Waals surface area (Å²) in [6.07, 6.45) is 1.58. The zero-order valence-electron chi connectivity index (χ0n) is 20.7. The highest BCUT2D eigenvalue weighted by Gasteiger charge is 2.47. The summed E-state index contributed by atoms with van der Waals surface area (Å²) in [5.74, 6) is -0.393. The van der Waals surface area contributed by atoms with Gasteiger partial charge < -0.3 is 26.2 Å². The fourth-order valence-electron chi connectivity index (χ4n) is 6.68. The first-order valence-corrected chi connectivity index (χ1v) is 13.2. The lowest BCUT2D eigenvalue weighted by Gasteiger charge is -2.36. The van der Waals surface area contributed by atoms with Crippen LogP contribution in [0.2, 0.25) is 0 Å². The molecule has 13 heteroatoms. The van der Waals surface area contributed by atoms with Crippen molar-refractivity contribution >= 4 is 23.2 Å². The Balaban J connectivity index is 1.11. The third-order valence-corrected chi connectivity index (χ3v) is 8.62. The number of carbonyl (C=O) groups is 2. The molecule has 6 atom stereocenters. The van der Waals surface area contributed by atoms with Crippen molar-refractivity contribution in [3.05, 3.63) is 18.2 Å². The molecule has 0 aliphatic carbocycles. The van der Waals surface area contributed by atoms with E-state index in [1.54, 1.807) is 5.01 Å². The number of hydrogen-bond donors (Lipinski definition) is 5. The lowest BCUT2D eigenvalue weighted by atomic mass is 9.94. The zero-order valence-corrected chi connectivity index (χ0v) is 20.7. The molecule has 1 aromatic rings. The van der Waals surface area contributed by atoms with Gasteiger partial charge in [0.05, 0.1) is 36.3 Å². The highest BCUT2D eigenvalue weighted by molar-refractivity contribution is 5.96. The van der Waals surface area contributed by atoms with Crippen molar-refractivity contribution in [1.82, 2.24) is 31.0 Å². The second-order valence-electron chi connectivity index (χ2n) is 11.0. The maximum Gasteiger partial charge on any atom is 0.233 e. The van der Waals surface area contributed by atoms with Crippen LogP contribution in [0.5, 0.6) is 0 Å². The molecule has 0 radical (unpaired) electrons. The number of rotatable bonds is 4. The van der Waals surface area contributed by atoms with Crippen LogP contribution in [0.1, 0.15) is 12.8 Å². The van der Waals surface area contributed by atoms with Gasteiger partial charge in [0.25, 0.3) is 0 Å². The smallest absolute Gasteiger partial charge is 0.233 e. The number of halogens is 2. The minimum atomic E-state index is -1.06. The highest BCUT2D eigenvalue weighted by atomic mass is 19.1. The van der Waals surface area contributed by atoms with E-state index in [-0.39, 0.29) is 36.3 Å². The third kappa shape index (κ3) is 4.67. The lowest BCUT2D eigenvalue weighted by molar-refractivity contribution is -0.135. The number of hydrazine groups is 1. The number of hydrogen-bond acceptors (Lipinski definition) is 9. The van der Waals surface area contributed by atoms with E-state index in [1.165, 1.54) is 6.20 Å². The predicted octanol–water partition coefficient (Wildman–Crippen LogP) is -0.958. The molecule has 6 unspecified atom stereocenters. The molecule has 11 nitrogen and oxygen atoms in total. The molecular formula is C24H35F2N9O2. The number of pyridine rings is 1. The topological polar surface area (TPSA) is 131 Å². The average Bonchev–Trinajstić information content (AvgIpc) is 3.56. The maximum atomic E-state index is 15.0. The zero-order chi connectivity index (χ0) is 25.7. The summed E-state index contributed by atoms with van der Waals surface area (Å²) >= 11 is 0. The molecule has 5 aliphatic rings. The van der Waals surface area contributed by atoms with Gasteiger partial charge in [-0.2, -0.15) is 0 Å². The summed E-state index contributed by atoms with van der Waals surface area (Å²) < 4.78 is 28.8. The van der Waals surface area contributed by atoms with E-state index in [2.05, 4.69) is 26.4 Å². The van der Waals surface area contributed by atoms with Gasteiger partial charge in [0.15, 0.2) is 5.82 Å². The third-order valence-electron chi connectivity index (χ3n) is 8.62. The van der Waals surface area contributed by atoms with E-state index in [9.17, 15) is 14.0 Å². The van der Waals surface area contributed by atoms with Crippen molar-refractivity contribution in [2.45, 2.75) is 31.3 Å². The van der Waals surface area contributed by atoms with Gasteiger partial charge in [0.2, 0.25) is 11.8 Å². The number of piperidine rings is 1. The van der Waals surface area contributed by atoms with Gasteiger partial charge in [-0.15, -0.1) is 0 Å². The van der Waals surface area contributed by atoms with Gasteiger partial charge in [0, 0.05) is 58.3 Å². The van der Waals surface area contributed by atoms with Crippen LogP contribution in [0.3, 0.4) is 0 Å². The van der Waals surface area contributed by atoms with E-state index in [0.717, 1.165) is 32.4 Å². The second kappa shape index (κ2) is 10.0. The number of likely N-dealkylation sites (tertiary alicyclic amines) is 1. The monoisotopic (exact) mass is 519 g/mol. The summed E-state index contributed by atoms with van der Waals surface area (Å²) in [6, 6.07) is 0. The van der Waals surface area contributed by atoms with Crippen molar-refractivity contribution < 1.29 is 18.4 Å². The van der Waals surface area contributed by atoms with Gasteiger partial charge in [-0.05, 0) is 24.7 Å². The van der Waals surface area contributed by atoms with Crippen LogP contribution in [-0.2, 0) is 9.59 Å². The van der Waals surface area contributed by atoms with Crippen molar-refractivity contribution in [2.24, 2.45) is 29.4 Å². The number of nitrogens with two attached hydrogens (primary N) is 1. The van der Waals surface area contributed by atoms with E-state index in [4.69, 9.17) is 5.73 Å². The number of nitrogens with one attached hydrogen (secondary N) is 4. The van der Waals surface area contributed by atoms with Crippen LogP contribution in [0.25, 0.3) is 0 Å². The summed E-state index contributed by atoms with van der Waals surface area (Å²) in [7, 11) is 0. The summed E-state index contributed by atoms with van der Waals surface area (Å²) in [5, 5.41) is 10.9. The van der Waals surface area contributed by atoms with Crippen LogP contribution in [0, 0.1) is 29.5 Å². The first-order valence-electron chi connectivity index (χ1n) is 13.2. The fourth-order valence-corrected chi connectivity index (χ4v) is 6.68. The second-order valence-corrected chi connectivity index (χ2v) is 11.0. The van der Waals surface area contributed by atoms with Crippen LogP contribution in [0.4, 0.5) is 20.2 Å². The van der Waals surface area contributed by atoms with Crippen molar-refractivity contribution in [1.29, 1.82) is 0 Å². The Morgan fingerprint density at radius 3 is 2.54 bits per heavy atom. The number of anilines is 2. The van der Waals surface area contributed by atoms with Gasteiger partial charge in [-0.3, -0.25) is 19.9 Å². The molecule has 6 rings (SSSR count). The fraction of sp³-hybridized carbons (Fsp3) is 0.708. The molecular weight excluding hydrogens is 484 g/mol. The number of alkyl halides is 1. The summed E-state index contributed by atoms with van der Waals surface area (Å²) in [6.45, 7) is 4.88. The van der Waals surface area contributed by atoms with Crippen molar-refractivity contribution in [3.63, 3.8) is 0 Å². The predicted molar refractivity (Wildman–Crippen MR) is 132 cm³/mol. The average molecular weight is 520 g/mol. The Kier molecular flexibility index (Phi) is 6.74. The Morgan fingerprint density at radius 2 is 1.81 bits per heavy atom. The highest BCUT2D eigenvalue weighted by Crippen LogP contribution is 2.35. The van der Waals surface area contributed by atoms with Gasteiger partial charge in [-0.25, -0.2) is 19.2 Å². The van der Waals surface area contributed by atoms with Gasteiger partial charge in [-0.1, -0.05) is 0 Å². The molecule has 0 saturated carbocycles. The molecule has 0 aromatic carbocycles. The number of nitrogens with zero attached hydrogens (tertiary/aromatic N) is 4. The number of carbonyl (C=O) groups excluding carboxylic acids is 2. The van der Waals surface area contributed by atoms with Crippen molar-refractivity contribution in [2.75, 3.05) is 62.6 Å². The van der Waals surface area contributed by atoms with Gasteiger partial charge in [0.1, 0.15) is 11.9 Å². The van der Waals surface area contributed by atoms with Crippen LogP contribution < -0.4 is 32.0 Å². The Hall–Kier alpha value is -2.45. The molecule has 5 fully saturated rings. The van der Waals surface area contributed by atoms with E-state index >= 15 is 4.39 Å². The van der Waals surface area contributed by atoms with E-state index < -0.39 is 36.1 Å². The molecule has 5 saturated heterocycles. The van der Waals surface area contributed by atoms with Crippen molar-refractivity contribution in [3.8, 4) is 0 Å². The molecule has 6 heterocycles. The molecule has 1 aromatic heterocycles. The van der Waals surface area contributed by atoms with Crippen LogP contribution in [0.15, 0.2) is 12.4 Å². The number of aromatic nitrogens is 1. The molecule has 202 valence electrons.